The summed E-state index contributed by atoms with van der Waals surface area (Å²) >= 11 is 0. The number of hydrogen-bond donors (Lipinski definition) is 1. The average molecular weight is 390 g/mol. The maximum Gasteiger partial charge on any atom is 0.296 e. The van der Waals surface area contributed by atoms with Crippen LogP contribution in [0.15, 0.2) is 35.2 Å². The second-order valence-corrected chi connectivity index (χ2v) is 7.62. The largest absolute Gasteiger partial charge is 0.328 e. The number of benzene rings is 1. The fraction of sp³-hybridized carbons (Fsp3) is 0.667. The highest BCUT2D eigenvalue weighted by Gasteiger charge is 2.13. The molecule has 1 N–H and O–H groups in total. The molecule has 1 rings (SSSR count). The van der Waals surface area contributed by atoms with Crippen LogP contribution in [0.4, 0.5) is 0 Å². The van der Waals surface area contributed by atoms with Crippen LogP contribution in [0.5, 0.6) is 0 Å². The highest BCUT2D eigenvalue weighted by Crippen LogP contribution is 2.13. The molecule has 8 heteroatoms. The lowest BCUT2D eigenvalue weighted by Crippen LogP contribution is -2.07. The third-order valence-corrected chi connectivity index (χ3v) is 5.09. The fourth-order valence-corrected chi connectivity index (χ4v) is 3.38. The van der Waals surface area contributed by atoms with Gasteiger partial charge in [-0.15, -0.1) is 10.1 Å². The maximum absolute atomic E-state index is 11.9. The van der Waals surface area contributed by atoms with Crippen LogP contribution in [-0.4, -0.2) is 25.3 Å². The molecule has 26 heavy (non-hydrogen) atoms. The Kier molecular flexibility index (Phi) is 14.6. The molecule has 0 fully saturated rings. The topological polar surface area (TPSA) is 107 Å². The van der Waals surface area contributed by atoms with Crippen LogP contribution in [0.25, 0.3) is 0 Å². The average Bonchev–Trinajstić information content (AvgIpc) is 2.60. The van der Waals surface area contributed by atoms with Crippen molar-refractivity contribution >= 4 is 10.1 Å². The van der Waals surface area contributed by atoms with Crippen molar-refractivity contribution in [1.82, 2.24) is 0 Å². The van der Waals surface area contributed by atoms with Gasteiger partial charge in [-0.05, 0) is 18.6 Å². The molecule has 0 amide bonds. The lowest BCUT2D eigenvalue weighted by atomic mass is 10.1. The summed E-state index contributed by atoms with van der Waals surface area (Å²) in [4.78, 5) is 8.60. The summed E-state index contributed by atoms with van der Waals surface area (Å²) in [5, 5.41) is 13.6. The zero-order chi connectivity index (χ0) is 19.7. The Bertz CT molecular complexity index is 558. The van der Waals surface area contributed by atoms with E-state index >= 15 is 0 Å². The molecule has 0 aromatic heterocycles. The molecule has 0 radical (unpaired) electrons. The molecule has 0 heterocycles. The van der Waals surface area contributed by atoms with Crippen molar-refractivity contribution in [2.75, 3.05) is 6.61 Å². The molecule has 0 atom stereocenters. The molecule has 1 aromatic rings. The quantitative estimate of drug-likeness (QED) is 0.221. The Labute approximate surface area is 156 Å². The zero-order valence-corrected chi connectivity index (χ0v) is 16.3. The minimum Gasteiger partial charge on any atom is -0.328 e. The molecule has 0 spiro atoms. The molecule has 150 valence electrons. The Hall–Kier alpha value is -1.67. The van der Waals surface area contributed by atoms with Gasteiger partial charge in [-0.1, -0.05) is 82.9 Å². The number of rotatable bonds is 13. The minimum absolute atomic E-state index is 0.238. The van der Waals surface area contributed by atoms with Crippen molar-refractivity contribution in [2.24, 2.45) is 0 Å². The maximum atomic E-state index is 11.9. The van der Waals surface area contributed by atoms with Gasteiger partial charge in [0.25, 0.3) is 15.2 Å². The lowest BCUT2D eigenvalue weighted by Gasteiger charge is -2.05. The summed E-state index contributed by atoms with van der Waals surface area (Å²) in [6.45, 7) is 2.52. The molecule has 1 aromatic carbocycles. The molecule has 0 saturated heterocycles. The Morgan fingerprint density at radius 3 is 1.81 bits per heavy atom. The van der Waals surface area contributed by atoms with Crippen molar-refractivity contribution in [3.8, 4) is 0 Å². The lowest BCUT2D eigenvalue weighted by molar-refractivity contribution is -0.742. The first-order valence-corrected chi connectivity index (χ1v) is 10.6. The molecule has 0 aliphatic heterocycles. The Balaban J connectivity index is 0.00000141. The highest BCUT2D eigenvalue weighted by atomic mass is 32.2. The minimum atomic E-state index is -3.57. The van der Waals surface area contributed by atoms with E-state index in [-0.39, 0.29) is 11.5 Å². The monoisotopic (exact) mass is 389 g/mol. The molecular weight excluding hydrogens is 358 g/mol. The summed E-state index contributed by atoms with van der Waals surface area (Å²) in [6, 6.07) is 8.33. The van der Waals surface area contributed by atoms with Gasteiger partial charge in [0.05, 0.1) is 11.5 Å². The third-order valence-electron chi connectivity index (χ3n) is 3.77. The van der Waals surface area contributed by atoms with Gasteiger partial charge in [0, 0.05) is 0 Å². The predicted molar refractivity (Wildman–Crippen MR) is 100 cm³/mol. The number of unbranched alkanes of at least 4 members (excludes halogenated alkanes) is 9. The molecule has 0 unspecified atom stereocenters. The van der Waals surface area contributed by atoms with Gasteiger partial charge < -0.3 is 5.21 Å². The van der Waals surface area contributed by atoms with Gasteiger partial charge in [0.1, 0.15) is 0 Å². The number of hydrogen-bond acceptors (Lipinski definition) is 5. The van der Waals surface area contributed by atoms with E-state index < -0.39 is 15.2 Å². The second-order valence-electron chi connectivity index (χ2n) is 6.01. The van der Waals surface area contributed by atoms with E-state index in [0.717, 1.165) is 12.8 Å². The van der Waals surface area contributed by atoms with Gasteiger partial charge in [-0.2, -0.15) is 8.42 Å². The first-order chi connectivity index (χ1) is 12.4. The van der Waals surface area contributed by atoms with Crippen LogP contribution in [0, 0.1) is 10.1 Å². The van der Waals surface area contributed by atoms with Crippen molar-refractivity contribution in [3.05, 3.63) is 40.4 Å². The van der Waals surface area contributed by atoms with Crippen LogP contribution >= 0.6 is 0 Å². The van der Waals surface area contributed by atoms with Gasteiger partial charge in [-0.3, -0.25) is 4.18 Å². The molecule has 0 bridgehead atoms. The van der Waals surface area contributed by atoms with Crippen LogP contribution in [0.1, 0.15) is 71.1 Å². The van der Waals surface area contributed by atoms with Crippen LogP contribution < -0.4 is 0 Å². The standard InChI is InChI=1S/C18H30O3S.HNO3/c1-2-3-4-5-6-7-8-9-10-14-17-21-22(19,20)18-15-12-11-13-16-18;2-1(3)4/h11-13,15-16H,2-10,14,17H2,1H3;(H,2,3,4). The summed E-state index contributed by atoms with van der Waals surface area (Å²) in [7, 11) is -3.57. The van der Waals surface area contributed by atoms with E-state index in [1.165, 1.54) is 51.4 Å². The van der Waals surface area contributed by atoms with E-state index in [1.54, 1.807) is 30.3 Å². The van der Waals surface area contributed by atoms with E-state index in [9.17, 15) is 8.42 Å². The SMILES string of the molecule is CCCCCCCCCCCCOS(=O)(=O)c1ccccc1.O=[N+]([O-])O. The third kappa shape index (κ3) is 14.7. The molecule has 7 nitrogen and oxygen atoms in total. The smallest absolute Gasteiger partial charge is 0.296 e. The van der Waals surface area contributed by atoms with Crippen molar-refractivity contribution < 1.29 is 22.9 Å². The van der Waals surface area contributed by atoms with E-state index in [4.69, 9.17) is 19.5 Å². The van der Waals surface area contributed by atoms with Crippen molar-refractivity contribution in [3.63, 3.8) is 0 Å². The van der Waals surface area contributed by atoms with Crippen LogP contribution in [0.2, 0.25) is 0 Å². The Morgan fingerprint density at radius 2 is 1.35 bits per heavy atom. The van der Waals surface area contributed by atoms with E-state index in [1.807, 2.05) is 0 Å². The summed E-state index contributed by atoms with van der Waals surface area (Å²) < 4.78 is 28.8. The molecule has 0 saturated carbocycles. The first-order valence-electron chi connectivity index (χ1n) is 9.18. The second kappa shape index (κ2) is 15.6. The summed E-state index contributed by atoms with van der Waals surface area (Å²) in [5.41, 5.74) is 0. The van der Waals surface area contributed by atoms with Crippen molar-refractivity contribution in [1.29, 1.82) is 0 Å². The summed E-state index contributed by atoms with van der Waals surface area (Å²) in [6.07, 6.45) is 12.3. The van der Waals surface area contributed by atoms with Crippen molar-refractivity contribution in [2.45, 2.75) is 76.0 Å². The van der Waals surface area contributed by atoms with E-state index in [0.29, 0.717) is 0 Å². The molecule has 0 aliphatic rings. The molecule has 0 aliphatic carbocycles. The normalized spacial score (nSPS) is 10.8. The van der Waals surface area contributed by atoms with Crippen LogP contribution in [0.3, 0.4) is 0 Å². The van der Waals surface area contributed by atoms with E-state index in [2.05, 4.69) is 6.92 Å². The fourth-order valence-electron chi connectivity index (χ4n) is 2.41. The Morgan fingerprint density at radius 1 is 0.923 bits per heavy atom. The van der Waals surface area contributed by atoms with Gasteiger partial charge in [0.15, 0.2) is 0 Å². The van der Waals surface area contributed by atoms with Crippen LogP contribution in [-0.2, 0) is 14.3 Å². The first kappa shape index (κ1) is 24.3. The van der Waals surface area contributed by atoms with Gasteiger partial charge in [0.2, 0.25) is 0 Å². The summed E-state index contributed by atoms with van der Waals surface area (Å²) in [5.74, 6) is 0. The highest BCUT2D eigenvalue weighted by molar-refractivity contribution is 7.86. The molecular formula is C18H31NO6S. The number of nitrogens with zero attached hydrogens (tertiary/aromatic N) is 1. The zero-order valence-electron chi connectivity index (χ0n) is 15.5. The predicted octanol–water partition coefficient (Wildman–Crippen LogP) is 4.97. The van der Waals surface area contributed by atoms with Gasteiger partial charge in [-0.25, -0.2) is 0 Å². The van der Waals surface area contributed by atoms with Gasteiger partial charge >= 0.3 is 0 Å².